The molecule has 8 aromatic carbocycles. The third-order valence-corrected chi connectivity index (χ3v) is 14.6. The fourth-order valence-corrected chi connectivity index (χ4v) is 11.7. The van der Waals surface area contributed by atoms with E-state index in [4.69, 9.17) is 0 Å². The third kappa shape index (κ3) is 4.27. The van der Waals surface area contributed by atoms with Crippen LogP contribution < -0.4 is 18.7 Å². The molecule has 0 saturated carbocycles. The first-order chi connectivity index (χ1) is 25.8. The molecule has 0 atom stereocenters. The van der Waals surface area contributed by atoms with Gasteiger partial charge in [-0.15, -0.1) is 0 Å². The number of hydrogen-bond donors (Lipinski definition) is 0. The summed E-state index contributed by atoms with van der Waals surface area (Å²) >= 11 is 0.258. The van der Waals surface area contributed by atoms with Crippen LogP contribution in [0.15, 0.2) is 158 Å². The summed E-state index contributed by atoms with van der Waals surface area (Å²) in [5.74, 6) is 0. The number of para-hydroxylation sites is 3. The average Bonchev–Trinajstić information content (AvgIpc) is 3.40. The predicted octanol–water partition coefficient (Wildman–Crippen LogP) is 11.8. The number of benzene rings is 8. The Hall–Kier alpha value is -5.60. The zero-order chi connectivity index (χ0) is 35.6. The van der Waals surface area contributed by atoms with E-state index in [9.17, 15) is 0 Å². The van der Waals surface area contributed by atoms with Crippen LogP contribution in [0.2, 0.25) is 0 Å². The molecular formula is C50H38N2Se. The Morgan fingerprint density at radius 2 is 0.830 bits per heavy atom. The summed E-state index contributed by atoms with van der Waals surface area (Å²) in [7, 11) is 0. The molecule has 2 aliphatic heterocycles. The SMILES string of the molecule is CC1(C)c2cc3c(cc2-c2cc4ccccc4cc21)C(C)(C)c1ccccc1N3c1cccc2c(N3c4ccccc4[Se]c4ccccc43)cccc12. The quantitative estimate of drug-likeness (QED) is 0.163. The van der Waals surface area contributed by atoms with Crippen molar-refractivity contribution in [3.63, 3.8) is 0 Å². The molecule has 0 amide bonds. The Kier molecular flexibility index (Phi) is 6.41. The topological polar surface area (TPSA) is 6.48 Å². The van der Waals surface area contributed by atoms with E-state index in [-0.39, 0.29) is 25.8 Å². The summed E-state index contributed by atoms with van der Waals surface area (Å²) < 4.78 is 2.83. The first-order valence-electron chi connectivity index (χ1n) is 18.6. The first kappa shape index (κ1) is 31.0. The van der Waals surface area contributed by atoms with E-state index >= 15 is 0 Å². The van der Waals surface area contributed by atoms with Crippen LogP contribution in [0.4, 0.5) is 34.1 Å². The number of anilines is 6. The van der Waals surface area contributed by atoms with Gasteiger partial charge in [-0.05, 0) is 34.0 Å². The Morgan fingerprint density at radius 1 is 0.358 bits per heavy atom. The fourth-order valence-electron chi connectivity index (χ4n) is 9.50. The molecule has 3 heteroatoms. The van der Waals surface area contributed by atoms with Gasteiger partial charge in [-0.1, -0.05) is 38.1 Å². The van der Waals surface area contributed by atoms with E-state index in [0.717, 1.165) is 0 Å². The van der Waals surface area contributed by atoms with Crippen molar-refractivity contribution in [2.24, 2.45) is 0 Å². The van der Waals surface area contributed by atoms with E-state index in [0.29, 0.717) is 0 Å². The number of hydrogen-bond acceptors (Lipinski definition) is 2. The van der Waals surface area contributed by atoms with Crippen LogP contribution in [0.5, 0.6) is 0 Å². The fraction of sp³-hybridized carbons (Fsp3) is 0.120. The number of nitrogens with zero attached hydrogens (tertiary/aromatic N) is 2. The van der Waals surface area contributed by atoms with Crippen molar-refractivity contribution in [1.29, 1.82) is 0 Å². The molecule has 0 spiro atoms. The Morgan fingerprint density at radius 3 is 1.49 bits per heavy atom. The Balaban J connectivity index is 1.16. The van der Waals surface area contributed by atoms with Crippen LogP contribution in [-0.4, -0.2) is 15.0 Å². The second kappa shape index (κ2) is 11.0. The van der Waals surface area contributed by atoms with Gasteiger partial charge in [0.25, 0.3) is 0 Å². The average molecular weight is 746 g/mol. The molecule has 254 valence electrons. The van der Waals surface area contributed by atoms with Gasteiger partial charge < -0.3 is 0 Å². The van der Waals surface area contributed by atoms with Crippen LogP contribution in [0.3, 0.4) is 0 Å². The summed E-state index contributed by atoms with van der Waals surface area (Å²) in [6.45, 7) is 9.63. The summed E-state index contributed by atoms with van der Waals surface area (Å²) in [5, 5.41) is 5.09. The van der Waals surface area contributed by atoms with Crippen molar-refractivity contribution in [1.82, 2.24) is 0 Å². The van der Waals surface area contributed by atoms with Crippen LogP contribution >= 0.6 is 0 Å². The summed E-state index contributed by atoms with van der Waals surface area (Å²) in [5.41, 5.74) is 15.4. The molecule has 0 saturated heterocycles. The molecule has 0 bridgehead atoms. The normalized spacial score (nSPS) is 15.7. The van der Waals surface area contributed by atoms with E-state index in [1.54, 1.807) is 0 Å². The zero-order valence-electron chi connectivity index (χ0n) is 30.3. The maximum atomic E-state index is 2.57. The second-order valence-corrected chi connectivity index (χ2v) is 18.1. The molecule has 0 unspecified atom stereocenters. The van der Waals surface area contributed by atoms with Gasteiger partial charge in [0.2, 0.25) is 0 Å². The van der Waals surface area contributed by atoms with Gasteiger partial charge in [0.15, 0.2) is 0 Å². The van der Waals surface area contributed by atoms with Crippen LogP contribution in [0.25, 0.3) is 32.7 Å². The maximum absolute atomic E-state index is 2.57. The number of fused-ring (bicyclic) bond motifs is 9. The molecule has 3 aliphatic rings. The van der Waals surface area contributed by atoms with Crippen molar-refractivity contribution in [3.05, 3.63) is 180 Å². The first-order valence-corrected chi connectivity index (χ1v) is 20.3. The molecule has 0 radical (unpaired) electrons. The van der Waals surface area contributed by atoms with Gasteiger partial charge in [-0.2, -0.15) is 0 Å². The molecule has 8 aromatic rings. The minimum absolute atomic E-state index is 0.140. The molecule has 0 aromatic heterocycles. The molecular weight excluding hydrogens is 708 g/mol. The van der Waals surface area contributed by atoms with Crippen molar-refractivity contribution in [3.8, 4) is 11.1 Å². The Labute approximate surface area is 317 Å². The van der Waals surface area contributed by atoms with E-state index in [1.807, 2.05) is 0 Å². The van der Waals surface area contributed by atoms with Crippen LogP contribution in [0.1, 0.15) is 49.9 Å². The zero-order valence-corrected chi connectivity index (χ0v) is 32.0. The predicted molar refractivity (Wildman–Crippen MR) is 226 cm³/mol. The van der Waals surface area contributed by atoms with Gasteiger partial charge in [0.1, 0.15) is 0 Å². The third-order valence-electron chi connectivity index (χ3n) is 12.2. The Bertz CT molecular complexity index is 2800. The molecule has 53 heavy (non-hydrogen) atoms. The van der Waals surface area contributed by atoms with E-state index in [2.05, 4.69) is 195 Å². The molecule has 0 fully saturated rings. The van der Waals surface area contributed by atoms with E-state index < -0.39 is 0 Å². The van der Waals surface area contributed by atoms with Gasteiger partial charge in [-0.3, -0.25) is 0 Å². The van der Waals surface area contributed by atoms with Crippen molar-refractivity contribution in [2.75, 3.05) is 9.80 Å². The molecule has 1 aliphatic carbocycles. The van der Waals surface area contributed by atoms with Gasteiger partial charge in [0, 0.05) is 0 Å². The summed E-state index contributed by atoms with van der Waals surface area (Å²) in [6.07, 6.45) is 0. The van der Waals surface area contributed by atoms with Gasteiger partial charge >= 0.3 is 247 Å². The molecule has 2 heterocycles. The van der Waals surface area contributed by atoms with Gasteiger partial charge in [0.05, 0.1) is 0 Å². The van der Waals surface area contributed by atoms with Gasteiger partial charge in [-0.25, -0.2) is 0 Å². The minimum atomic E-state index is -0.195. The van der Waals surface area contributed by atoms with Crippen LogP contribution in [-0.2, 0) is 10.8 Å². The van der Waals surface area contributed by atoms with E-state index in [1.165, 1.54) is 98.0 Å². The van der Waals surface area contributed by atoms with Crippen molar-refractivity contribution in [2.45, 2.75) is 38.5 Å². The standard InChI is InChI=1S/C50H38N2Se/c1-49(2)37-19-7-8-20-43(37)51(46-30-39-36(29-40(46)49)35-27-31-15-5-6-16-32(31)28-38(35)50(39,3)4)41-23-13-18-34-33(41)17-14-24-42(34)52-44-21-9-11-25-47(44)53-48-26-12-10-22-45(48)52/h5-30H,1-4H3. The van der Waals surface area contributed by atoms with Crippen molar-refractivity contribution < 1.29 is 0 Å². The van der Waals surface area contributed by atoms with Crippen molar-refractivity contribution >= 4 is 79.5 Å². The second-order valence-electron chi connectivity index (χ2n) is 15.8. The molecule has 0 N–H and O–H groups in total. The number of rotatable bonds is 2. The molecule has 2 nitrogen and oxygen atoms in total. The molecule has 11 rings (SSSR count). The van der Waals surface area contributed by atoms with Crippen LogP contribution in [0, 0.1) is 0 Å². The monoisotopic (exact) mass is 746 g/mol. The summed E-state index contributed by atoms with van der Waals surface area (Å²) in [6, 6.07) is 59.5. The summed E-state index contributed by atoms with van der Waals surface area (Å²) in [4.78, 5) is 5.07.